The summed E-state index contributed by atoms with van der Waals surface area (Å²) >= 11 is 6.11. The lowest BCUT2D eigenvalue weighted by Crippen LogP contribution is -2.47. The largest absolute Gasteiger partial charge is 0.398 e. The van der Waals surface area contributed by atoms with Crippen LogP contribution in [0.3, 0.4) is 0 Å². The Hall–Kier alpha value is -1.40. The molecule has 0 radical (unpaired) electrons. The fourth-order valence-electron chi connectivity index (χ4n) is 4.19. The maximum Gasteiger partial charge on any atom is 0.0740 e. The molecule has 0 spiro atoms. The van der Waals surface area contributed by atoms with E-state index in [2.05, 4.69) is 15.1 Å². The number of hydrogen-bond acceptors (Lipinski definition) is 5. The maximum absolute atomic E-state index is 6.21. The van der Waals surface area contributed by atoms with E-state index in [0.29, 0.717) is 5.02 Å². The number of fused-ring (bicyclic) bond motifs is 1. The van der Waals surface area contributed by atoms with Gasteiger partial charge >= 0.3 is 0 Å². The van der Waals surface area contributed by atoms with Crippen molar-refractivity contribution < 1.29 is 0 Å². The number of aromatic nitrogens is 1. The van der Waals surface area contributed by atoms with E-state index >= 15 is 0 Å². The zero-order valence-electron chi connectivity index (χ0n) is 17.4. The first-order chi connectivity index (χ1) is 14.2. The monoisotopic (exact) mass is 415 g/mol. The van der Waals surface area contributed by atoms with Crippen LogP contribution in [-0.2, 0) is 6.42 Å². The van der Waals surface area contributed by atoms with Gasteiger partial charge in [-0.05, 0) is 88.5 Å². The van der Waals surface area contributed by atoms with Crippen molar-refractivity contribution in [2.75, 3.05) is 58.1 Å². The van der Waals surface area contributed by atoms with Crippen LogP contribution in [0.15, 0.2) is 24.3 Å². The highest BCUT2D eigenvalue weighted by atomic mass is 35.5. The average molecular weight is 416 g/mol. The number of anilines is 1. The van der Waals surface area contributed by atoms with Gasteiger partial charge in [0.15, 0.2) is 0 Å². The number of pyridine rings is 1. The molecule has 2 aromatic rings. The van der Waals surface area contributed by atoms with Crippen LogP contribution in [0.2, 0.25) is 5.02 Å². The van der Waals surface area contributed by atoms with Crippen LogP contribution < -0.4 is 11.1 Å². The predicted octanol–water partition coefficient (Wildman–Crippen LogP) is 3.41. The number of benzene rings is 1. The summed E-state index contributed by atoms with van der Waals surface area (Å²) < 4.78 is 0. The molecule has 1 aliphatic carbocycles. The summed E-state index contributed by atoms with van der Waals surface area (Å²) in [5, 5.41) is 5.29. The maximum atomic E-state index is 6.21. The summed E-state index contributed by atoms with van der Waals surface area (Å²) in [7, 11) is 0. The molecule has 3 N–H and O–H groups in total. The molecule has 1 aliphatic heterocycles. The lowest BCUT2D eigenvalue weighted by Gasteiger charge is -2.34. The van der Waals surface area contributed by atoms with Gasteiger partial charge < -0.3 is 20.9 Å². The van der Waals surface area contributed by atoms with Crippen LogP contribution in [0.4, 0.5) is 5.69 Å². The van der Waals surface area contributed by atoms with Gasteiger partial charge in [-0.1, -0.05) is 11.6 Å². The van der Waals surface area contributed by atoms with Crippen LogP contribution in [0.5, 0.6) is 0 Å². The summed E-state index contributed by atoms with van der Waals surface area (Å²) in [5.41, 5.74) is 8.96. The quantitative estimate of drug-likeness (QED) is 0.582. The van der Waals surface area contributed by atoms with Crippen molar-refractivity contribution in [1.82, 2.24) is 20.1 Å². The molecule has 6 heteroatoms. The third-order valence-corrected chi connectivity index (χ3v) is 6.42. The highest BCUT2D eigenvalue weighted by Crippen LogP contribution is 2.27. The molecule has 2 aliphatic rings. The zero-order chi connectivity index (χ0) is 20.1. The summed E-state index contributed by atoms with van der Waals surface area (Å²) in [5.74, 6) is 0.984. The molecule has 1 saturated heterocycles. The van der Waals surface area contributed by atoms with Crippen molar-refractivity contribution in [3.05, 3.63) is 35.0 Å². The molecule has 1 aromatic carbocycles. The van der Waals surface area contributed by atoms with E-state index in [1.807, 2.05) is 24.3 Å². The minimum Gasteiger partial charge on any atom is -0.398 e. The number of nitrogens with two attached hydrogens (primary N) is 1. The molecule has 1 saturated carbocycles. The summed E-state index contributed by atoms with van der Waals surface area (Å²) in [4.78, 5) is 9.96. The molecule has 0 amide bonds. The molecular weight excluding hydrogens is 382 g/mol. The Morgan fingerprint density at radius 1 is 1.03 bits per heavy atom. The molecule has 29 heavy (non-hydrogen) atoms. The van der Waals surface area contributed by atoms with Gasteiger partial charge in [-0.2, -0.15) is 0 Å². The molecule has 0 unspecified atom stereocenters. The Morgan fingerprint density at radius 2 is 1.76 bits per heavy atom. The van der Waals surface area contributed by atoms with E-state index < -0.39 is 0 Å². The van der Waals surface area contributed by atoms with Gasteiger partial charge in [0.2, 0.25) is 0 Å². The number of piperazine rings is 1. The van der Waals surface area contributed by atoms with Crippen molar-refractivity contribution in [2.45, 2.75) is 32.1 Å². The van der Waals surface area contributed by atoms with Gasteiger partial charge in [0.1, 0.15) is 0 Å². The number of hydrogen-bond donors (Lipinski definition) is 2. The SMILES string of the molecule is Nc1cc(CCCN2CCN(CCCNCC3CC3)CC2)nc2cc(Cl)ccc12. The standard InChI is InChI=1S/C23H34ClN5/c24-19-6-7-21-22(25)16-20(27-23(21)15-19)3-1-9-28-11-13-29(14-12-28)10-2-8-26-17-18-4-5-18/h6-7,15-16,18,26H,1-5,8-14,17H2,(H2,25,27). The second-order valence-electron chi connectivity index (χ2n) is 8.65. The molecule has 5 nitrogen and oxygen atoms in total. The van der Waals surface area contributed by atoms with E-state index in [1.54, 1.807) is 0 Å². The van der Waals surface area contributed by atoms with Gasteiger partial charge in [-0.25, -0.2) is 0 Å². The fourth-order valence-corrected chi connectivity index (χ4v) is 4.36. The van der Waals surface area contributed by atoms with E-state index in [1.165, 1.54) is 65.1 Å². The van der Waals surface area contributed by atoms with E-state index in [0.717, 1.165) is 47.6 Å². The lowest BCUT2D eigenvalue weighted by molar-refractivity contribution is 0.130. The molecule has 2 fully saturated rings. The van der Waals surface area contributed by atoms with Crippen molar-refractivity contribution in [2.24, 2.45) is 5.92 Å². The van der Waals surface area contributed by atoms with E-state index in [4.69, 9.17) is 22.3 Å². The van der Waals surface area contributed by atoms with Gasteiger partial charge in [0, 0.05) is 48.0 Å². The van der Waals surface area contributed by atoms with Crippen LogP contribution in [0.1, 0.15) is 31.4 Å². The first-order valence-corrected chi connectivity index (χ1v) is 11.6. The normalized spacial score (nSPS) is 18.5. The smallest absolute Gasteiger partial charge is 0.0740 e. The van der Waals surface area contributed by atoms with Gasteiger partial charge in [0.25, 0.3) is 0 Å². The molecular formula is C23H34ClN5. The van der Waals surface area contributed by atoms with Crippen molar-refractivity contribution in [3.63, 3.8) is 0 Å². The van der Waals surface area contributed by atoms with E-state index in [-0.39, 0.29) is 0 Å². The third kappa shape index (κ3) is 6.29. The lowest BCUT2D eigenvalue weighted by atomic mass is 10.1. The van der Waals surface area contributed by atoms with Crippen molar-refractivity contribution >= 4 is 28.2 Å². The van der Waals surface area contributed by atoms with E-state index in [9.17, 15) is 0 Å². The number of halogens is 1. The van der Waals surface area contributed by atoms with Crippen LogP contribution in [0.25, 0.3) is 10.9 Å². The van der Waals surface area contributed by atoms with Crippen LogP contribution in [0, 0.1) is 5.92 Å². The Morgan fingerprint density at radius 3 is 2.48 bits per heavy atom. The number of nitrogen functional groups attached to an aromatic ring is 1. The minimum atomic E-state index is 0.707. The number of nitrogens with zero attached hydrogens (tertiary/aromatic N) is 3. The predicted molar refractivity (Wildman–Crippen MR) is 123 cm³/mol. The molecule has 1 aromatic heterocycles. The van der Waals surface area contributed by atoms with Crippen LogP contribution >= 0.6 is 11.6 Å². The Kier molecular flexibility index (Phi) is 7.24. The molecule has 2 heterocycles. The third-order valence-electron chi connectivity index (χ3n) is 6.19. The Balaban J connectivity index is 1.14. The minimum absolute atomic E-state index is 0.707. The second-order valence-corrected chi connectivity index (χ2v) is 9.09. The second kappa shape index (κ2) is 10.1. The van der Waals surface area contributed by atoms with Crippen molar-refractivity contribution in [1.29, 1.82) is 0 Å². The Bertz CT molecular complexity index is 799. The topological polar surface area (TPSA) is 57.4 Å². The van der Waals surface area contributed by atoms with Crippen molar-refractivity contribution in [3.8, 4) is 0 Å². The van der Waals surface area contributed by atoms with Gasteiger partial charge in [-0.3, -0.25) is 4.98 Å². The summed E-state index contributed by atoms with van der Waals surface area (Å²) in [6.45, 7) is 9.52. The van der Waals surface area contributed by atoms with Crippen LogP contribution in [-0.4, -0.2) is 67.1 Å². The van der Waals surface area contributed by atoms with Gasteiger partial charge in [-0.15, -0.1) is 0 Å². The average Bonchev–Trinajstić information content (AvgIpc) is 3.53. The molecule has 158 valence electrons. The molecule has 4 rings (SSSR count). The van der Waals surface area contributed by atoms with Gasteiger partial charge in [0.05, 0.1) is 5.52 Å². The summed E-state index contributed by atoms with van der Waals surface area (Å²) in [6, 6.07) is 7.74. The highest BCUT2D eigenvalue weighted by molar-refractivity contribution is 6.31. The number of nitrogens with one attached hydrogen (secondary N) is 1. The fraction of sp³-hybridized carbons (Fsp3) is 0.609. The summed E-state index contributed by atoms with van der Waals surface area (Å²) in [6.07, 6.45) is 6.22. The first-order valence-electron chi connectivity index (χ1n) is 11.2. The highest BCUT2D eigenvalue weighted by Gasteiger charge is 2.20. The molecule has 0 bridgehead atoms. The number of aryl methyl sites for hydroxylation is 1. The number of rotatable bonds is 10. The molecule has 0 atom stereocenters. The Labute approximate surface area is 179 Å². The zero-order valence-corrected chi connectivity index (χ0v) is 18.1. The first kappa shape index (κ1) is 20.9.